The predicted octanol–water partition coefficient (Wildman–Crippen LogP) is 2.45. The van der Waals surface area contributed by atoms with Crippen LogP contribution >= 0.6 is 0 Å². The number of carbonyl (C=O) groups is 1. The molecule has 0 aromatic heterocycles. The van der Waals surface area contributed by atoms with E-state index in [1.54, 1.807) is 6.08 Å². The summed E-state index contributed by atoms with van der Waals surface area (Å²) in [7, 11) is 0. The minimum atomic E-state index is -1.33. The van der Waals surface area contributed by atoms with Crippen LogP contribution in [0.15, 0.2) is 11.6 Å². The molecule has 4 bridgehead atoms. The van der Waals surface area contributed by atoms with Crippen LogP contribution in [0.4, 0.5) is 0 Å². The molecule has 4 fully saturated rings. The number of carboxylic acid groups (broad SMARTS) is 1. The van der Waals surface area contributed by atoms with Gasteiger partial charge in [-0.3, -0.25) is 0 Å². The van der Waals surface area contributed by atoms with Crippen LogP contribution in [0.25, 0.3) is 0 Å². The Morgan fingerprint density at radius 3 is 2.06 bits per heavy atom. The number of hydrogen-bond acceptors (Lipinski definition) is 2. The van der Waals surface area contributed by atoms with Crippen molar-refractivity contribution in [1.29, 1.82) is 0 Å². The molecule has 3 heteroatoms. The van der Waals surface area contributed by atoms with E-state index in [1.165, 1.54) is 32.1 Å². The molecule has 0 spiro atoms. The van der Waals surface area contributed by atoms with E-state index >= 15 is 0 Å². The van der Waals surface area contributed by atoms with E-state index in [9.17, 15) is 9.90 Å². The van der Waals surface area contributed by atoms with Gasteiger partial charge >= 0.3 is 5.97 Å². The second-order valence-electron chi connectivity index (χ2n) is 6.65. The summed E-state index contributed by atoms with van der Waals surface area (Å²) in [5, 5.41) is 18.3. The highest BCUT2D eigenvalue weighted by Gasteiger charge is 2.48. The molecule has 4 aliphatic rings. The number of aliphatic carboxylic acids is 1. The van der Waals surface area contributed by atoms with E-state index in [0.29, 0.717) is 5.92 Å². The second kappa shape index (κ2) is 4.37. The van der Waals surface area contributed by atoms with Crippen LogP contribution in [0.1, 0.15) is 39.0 Å². The van der Waals surface area contributed by atoms with Crippen molar-refractivity contribution < 1.29 is 15.0 Å². The van der Waals surface area contributed by atoms with Crippen molar-refractivity contribution in [3.05, 3.63) is 11.6 Å². The maximum Gasteiger partial charge on any atom is 0.336 e. The summed E-state index contributed by atoms with van der Waals surface area (Å²) in [4.78, 5) is 10.7. The standard InChI is InChI=1S/C15H22O3/c1-8(2-13(16)15(17)18)14-11-4-9-3-10(6-11)7-12(14)5-9/h2,9-14,16H,3-7H2,1H3,(H,17,18)/b8-2+. The first-order chi connectivity index (χ1) is 8.54. The number of aliphatic hydroxyl groups excluding tert-OH is 1. The van der Waals surface area contributed by atoms with Gasteiger partial charge in [0.1, 0.15) is 0 Å². The van der Waals surface area contributed by atoms with Crippen molar-refractivity contribution in [3.8, 4) is 0 Å². The van der Waals surface area contributed by atoms with Gasteiger partial charge in [-0.2, -0.15) is 0 Å². The molecule has 4 aliphatic carbocycles. The summed E-state index contributed by atoms with van der Waals surface area (Å²) in [6.07, 6.45) is 6.97. The van der Waals surface area contributed by atoms with E-state index in [1.807, 2.05) is 6.92 Å². The molecular formula is C15H22O3. The topological polar surface area (TPSA) is 57.5 Å². The molecule has 0 aromatic rings. The van der Waals surface area contributed by atoms with Gasteiger partial charge < -0.3 is 10.2 Å². The van der Waals surface area contributed by atoms with E-state index in [0.717, 1.165) is 29.2 Å². The molecule has 1 atom stereocenters. The van der Waals surface area contributed by atoms with Crippen molar-refractivity contribution in [2.45, 2.75) is 45.1 Å². The normalized spacial score (nSPS) is 44.1. The van der Waals surface area contributed by atoms with Crippen molar-refractivity contribution in [3.63, 3.8) is 0 Å². The Morgan fingerprint density at radius 2 is 1.61 bits per heavy atom. The molecule has 0 aromatic carbocycles. The Labute approximate surface area is 108 Å². The highest BCUT2D eigenvalue weighted by molar-refractivity contribution is 5.74. The summed E-state index contributed by atoms with van der Waals surface area (Å²) >= 11 is 0. The number of rotatable bonds is 3. The Morgan fingerprint density at radius 1 is 1.11 bits per heavy atom. The zero-order valence-corrected chi connectivity index (χ0v) is 10.9. The Bertz CT molecular complexity index is 357. The number of allylic oxidation sites excluding steroid dienone is 1. The zero-order valence-electron chi connectivity index (χ0n) is 10.9. The molecule has 0 heterocycles. The molecule has 100 valence electrons. The Balaban J connectivity index is 1.78. The van der Waals surface area contributed by atoms with E-state index in [-0.39, 0.29) is 0 Å². The van der Waals surface area contributed by atoms with Crippen LogP contribution in [0.3, 0.4) is 0 Å². The third-order valence-corrected chi connectivity index (χ3v) is 5.43. The Kier molecular flexibility index (Phi) is 2.97. The minimum absolute atomic E-state index is 0.534. The molecule has 18 heavy (non-hydrogen) atoms. The fourth-order valence-electron chi connectivity index (χ4n) is 5.10. The lowest BCUT2D eigenvalue weighted by Crippen LogP contribution is -2.45. The molecule has 1 unspecified atom stereocenters. The largest absolute Gasteiger partial charge is 0.479 e. The summed E-state index contributed by atoms with van der Waals surface area (Å²) < 4.78 is 0. The smallest absolute Gasteiger partial charge is 0.336 e. The van der Waals surface area contributed by atoms with Crippen molar-refractivity contribution in [2.75, 3.05) is 0 Å². The maximum atomic E-state index is 10.7. The third-order valence-electron chi connectivity index (χ3n) is 5.43. The van der Waals surface area contributed by atoms with Gasteiger partial charge in [-0.05, 0) is 74.7 Å². The summed E-state index contributed by atoms with van der Waals surface area (Å²) in [6.45, 7) is 2.01. The van der Waals surface area contributed by atoms with Gasteiger partial charge in [0.2, 0.25) is 0 Å². The summed E-state index contributed by atoms with van der Waals surface area (Å²) in [5.41, 5.74) is 1.11. The zero-order chi connectivity index (χ0) is 12.9. The van der Waals surface area contributed by atoms with Gasteiger partial charge in [0.25, 0.3) is 0 Å². The first kappa shape index (κ1) is 12.2. The molecule has 0 aliphatic heterocycles. The van der Waals surface area contributed by atoms with Crippen LogP contribution in [0.5, 0.6) is 0 Å². The highest BCUT2D eigenvalue weighted by Crippen LogP contribution is 2.58. The first-order valence-corrected chi connectivity index (χ1v) is 7.13. The first-order valence-electron chi connectivity index (χ1n) is 7.13. The van der Waals surface area contributed by atoms with Gasteiger partial charge in [-0.15, -0.1) is 0 Å². The van der Waals surface area contributed by atoms with Gasteiger partial charge in [0.05, 0.1) is 0 Å². The lowest BCUT2D eigenvalue weighted by molar-refractivity contribution is -0.144. The fourth-order valence-corrected chi connectivity index (χ4v) is 5.10. The average molecular weight is 250 g/mol. The van der Waals surface area contributed by atoms with Gasteiger partial charge in [-0.25, -0.2) is 4.79 Å². The van der Waals surface area contributed by atoms with E-state index < -0.39 is 12.1 Å². The number of hydrogen-bond donors (Lipinski definition) is 2. The third kappa shape index (κ3) is 1.99. The fraction of sp³-hybridized carbons (Fsp3) is 0.800. The minimum Gasteiger partial charge on any atom is -0.479 e. The number of carboxylic acids is 1. The lowest BCUT2D eigenvalue weighted by Gasteiger charge is -2.55. The SMILES string of the molecule is C/C(=C\C(O)C(=O)O)C1C2CC3CC(C2)CC1C3. The lowest BCUT2D eigenvalue weighted by atomic mass is 9.50. The van der Waals surface area contributed by atoms with Crippen molar-refractivity contribution in [1.82, 2.24) is 0 Å². The summed E-state index contributed by atoms with van der Waals surface area (Å²) in [6, 6.07) is 0. The van der Waals surface area contributed by atoms with E-state index in [4.69, 9.17) is 5.11 Å². The quantitative estimate of drug-likeness (QED) is 0.756. The van der Waals surface area contributed by atoms with Gasteiger partial charge in [0.15, 0.2) is 6.10 Å². The van der Waals surface area contributed by atoms with E-state index in [2.05, 4.69) is 0 Å². The molecule has 3 nitrogen and oxygen atoms in total. The molecular weight excluding hydrogens is 228 g/mol. The van der Waals surface area contributed by atoms with Gasteiger partial charge in [-0.1, -0.05) is 5.57 Å². The van der Waals surface area contributed by atoms with Gasteiger partial charge in [0, 0.05) is 0 Å². The molecule has 0 amide bonds. The van der Waals surface area contributed by atoms with Crippen LogP contribution in [0.2, 0.25) is 0 Å². The highest BCUT2D eigenvalue weighted by atomic mass is 16.4. The Hall–Kier alpha value is -0.830. The predicted molar refractivity (Wildman–Crippen MR) is 67.9 cm³/mol. The molecule has 2 N–H and O–H groups in total. The van der Waals surface area contributed by atoms with Crippen molar-refractivity contribution in [2.24, 2.45) is 29.6 Å². The molecule has 4 saturated carbocycles. The average Bonchev–Trinajstić information content (AvgIpc) is 2.26. The van der Waals surface area contributed by atoms with Crippen molar-refractivity contribution >= 4 is 5.97 Å². The molecule has 0 saturated heterocycles. The molecule has 4 rings (SSSR count). The van der Waals surface area contributed by atoms with Crippen LogP contribution < -0.4 is 0 Å². The monoisotopic (exact) mass is 250 g/mol. The number of aliphatic hydroxyl groups is 1. The second-order valence-corrected chi connectivity index (χ2v) is 6.65. The van der Waals surface area contributed by atoms with Crippen LogP contribution in [0, 0.1) is 29.6 Å². The van der Waals surface area contributed by atoms with Crippen LogP contribution in [-0.2, 0) is 4.79 Å². The van der Waals surface area contributed by atoms with Crippen LogP contribution in [-0.4, -0.2) is 22.3 Å². The maximum absolute atomic E-state index is 10.7. The summed E-state index contributed by atoms with van der Waals surface area (Å²) in [5.74, 6) is 2.75. The molecule has 0 radical (unpaired) electrons.